The SMILES string of the molecule is CC(=O)Nc1ccc(NC(=O)Nc2cc(C)on2)cc1. The van der Waals surface area contributed by atoms with Crippen molar-refractivity contribution >= 4 is 29.1 Å². The van der Waals surface area contributed by atoms with Crippen molar-refractivity contribution < 1.29 is 14.1 Å². The van der Waals surface area contributed by atoms with E-state index in [2.05, 4.69) is 21.1 Å². The van der Waals surface area contributed by atoms with Crippen molar-refractivity contribution in [3.8, 4) is 0 Å². The summed E-state index contributed by atoms with van der Waals surface area (Å²) in [6.07, 6.45) is 0. The van der Waals surface area contributed by atoms with Crippen LogP contribution in [0.3, 0.4) is 0 Å². The first-order valence-corrected chi connectivity index (χ1v) is 5.92. The predicted octanol–water partition coefficient (Wildman–Crippen LogP) is 2.59. The fraction of sp³-hybridized carbons (Fsp3) is 0.154. The summed E-state index contributed by atoms with van der Waals surface area (Å²) in [5, 5.41) is 11.5. The predicted molar refractivity (Wildman–Crippen MR) is 74.6 cm³/mol. The van der Waals surface area contributed by atoms with Gasteiger partial charge in [0.1, 0.15) is 5.76 Å². The summed E-state index contributed by atoms with van der Waals surface area (Å²) >= 11 is 0. The van der Waals surface area contributed by atoms with E-state index in [1.165, 1.54) is 6.92 Å². The van der Waals surface area contributed by atoms with Gasteiger partial charge in [0.05, 0.1) is 0 Å². The van der Waals surface area contributed by atoms with Gasteiger partial charge < -0.3 is 15.2 Å². The highest BCUT2D eigenvalue weighted by atomic mass is 16.5. The Bertz CT molecular complexity index is 619. The third-order valence-corrected chi connectivity index (χ3v) is 2.33. The van der Waals surface area contributed by atoms with Crippen LogP contribution in [0.1, 0.15) is 12.7 Å². The number of hydrogen-bond donors (Lipinski definition) is 3. The van der Waals surface area contributed by atoms with Gasteiger partial charge in [-0.05, 0) is 31.2 Å². The van der Waals surface area contributed by atoms with Crippen molar-refractivity contribution in [2.45, 2.75) is 13.8 Å². The molecule has 0 aliphatic carbocycles. The highest BCUT2D eigenvalue weighted by Crippen LogP contribution is 2.14. The zero-order chi connectivity index (χ0) is 14.5. The smallest absolute Gasteiger partial charge is 0.324 e. The van der Waals surface area contributed by atoms with E-state index < -0.39 is 6.03 Å². The van der Waals surface area contributed by atoms with E-state index in [0.717, 1.165) is 0 Å². The summed E-state index contributed by atoms with van der Waals surface area (Å²) in [5.74, 6) is 0.805. The summed E-state index contributed by atoms with van der Waals surface area (Å²) in [6, 6.07) is 7.93. The molecular formula is C13H14N4O3. The van der Waals surface area contributed by atoms with Crippen molar-refractivity contribution in [1.29, 1.82) is 0 Å². The summed E-state index contributed by atoms with van der Waals surface area (Å²) in [6.45, 7) is 3.16. The van der Waals surface area contributed by atoms with Crippen LogP contribution in [0.2, 0.25) is 0 Å². The lowest BCUT2D eigenvalue weighted by Crippen LogP contribution is -2.19. The normalized spacial score (nSPS) is 9.90. The zero-order valence-corrected chi connectivity index (χ0v) is 11.1. The molecule has 1 aromatic carbocycles. The number of urea groups is 1. The molecule has 0 saturated carbocycles. The van der Waals surface area contributed by atoms with E-state index in [-0.39, 0.29) is 5.91 Å². The molecule has 0 radical (unpaired) electrons. The molecule has 1 aromatic heterocycles. The molecule has 0 unspecified atom stereocenters. The van der Waals surface area contributed by atoms with E-state index in [1.807, 2.05) is 0 Å². The molecule has 7 nitrogen and oxygen atoms in total. The first kappa shape index (κ1) is 13.6. The van der Waals surface area contributed by atoms with Gasteiger partial charge >= 0.3 is 6.03 Å². The monoisotopic (exact) mass is 274 g/mol. The Morgan fingerprint density at radius 1 is 1.05 bits per heavy atom. The molecule has 0 aliphatic heterocycles. The van der Waals surface area contributed by atoms with Crippen LogP contribution in [0, 0.1) is 6.92 Å². The van der Waals surface area contributed by atoms with Crippen molar-refractivity contribution in [3.05, 3.63) is 36.1 Å². The number of benzene rings is 1. The van der Waals surface area contributed by atoms with Crippen LogP contribution in [0.5, 0.6) is 0 Å². The molecular weight excluding hydrogens is 260 g/mol. The summed E-state index contributed by atoms with van der Waals surface area (Å²) in [4.78, 5) is 22.6. The third kappa shape index (κ3) is 3.84. The largest absolute Gasteiger partial charge is 0.360 e. The van der Waals surface area contributed by atoms with E-state index in [1.54, 1.807) is 37.3 Å². The number of anilines is 3. The molecule has 2 rings (SSSR count). The molecule has 3 amide bonds. The second-order valence-electron chi connectivity index (χ2n) is 4.16. The first-order valence-electron chi connectivity index (χ1n) is 5.92. The maximum atomic E-state index is 11.7. The van der Waals surface area contributed by atoms with Crippen LogP contribution in [-0.4, -0.2) is 17.1 Å². The number of aryl methyl sites for hydroxylation is 1. The number of rotatable bonds is 3. The van der Waals surface area contributed by atoms with E-state index >= 15 is 0 Å². The van der Waals surface area contributed by atoms with Gasteiger partial charge in [0, 0.05) is 24.4 Å². The molecule has 0 atom stereocenters. The summed E-state index contributed by atoms with van der Waals surface area (Å²) in [5.41, 5.74) is 1.26. The fourth-order valence-corrected chi connectivity index (χ4v) is 1.54. The highest BCUT2D eigenvalue weighted by Gasteiger charge is 2.06. The fourth-order valence-electron chi connectivity index (χ4n) is 1.54. The van der Waals surface area contributed by atoms with Crippen LogP contribution < -0.4 is 16.0 Å². The minimum atomic E-state index is -0.425. The van der Waals surface area contributed by atoms with E-state index in [0.29, 0.717) is 23.0 Å². The molecule has 7 heteroatoms. The van der Waals surface area contributed by atoms with Crippen molar-refractivity contribution in [2.75, 3.05) is 16.0 Å². The summed E-state index contributed by atoms with van der Waals surface area (Å²) < 4.78 is 4.84. The number of nitrogens with zero attached hydrogens (tertiary/aromatic N) is 1. The van der Waals surface area contributed by atoms with Gasteiger partial charge in [-0.1, -0.05) is 5.16 Å². The van der Waals surface area contributed by atoms with Crippen LogP contribution >= 0.6 is 0 Å². The lowest BCUT2D eigenvalue weighted by molar-refractivity contribution is -0.114. The van der Waals surface area contributed by atoms with Crippen LogP contribution in [0.25, 0.3) is 0 Å². The van der Waals surface area contributed by atoms with Crippen LogP contribution in [0.15, 0.2) is 34.9 Å². The minimum absolute atomic E-state index is 0.148. The molecule has 0 fully saturated rings. The molecule has 0 spiro atoms. The molecule has 0 aliphatic rings. The van der Waals surface area contributed by atoms with Crippen molar-refractivity contribution in [1.82, 2.24) is 5.16 Å². The van der Waals surface area contributed by atoms with Gasteiger partial charge in [0.25, 0.3) is 0 Å². The Morgan fingerprint density at radius 2 is 1.65 bits per heavy atom. The average molecular weight is 274 g/mol. The van der Waals surface area contributed by atoms with E-state index in [9.17, 15) is 9.59 Å². The Kier molecular flexibility index (Phi) is 3.99. The summed E-state index contributed by atoms with van der Waals surface area (Å²) in [7, 11) is 0. The molecule has 104 valence electrons. The van der Waals surface area contributed by atoms with Gasteiger partial charge in [-0.25, -0.2) is 4.79 Å². The Labute approximate surface area is 115 Å². The first-order chi connectivity index (χ1) is 9.52. The maximum Gasteiger partial charge on any atom is 0.324 e. The van der Waals surface area contributed by atoms with Crippen LogP contribution in [0.4, 0.5) is 22.0 Å². The maximum absolute atomic E-state index is 11.7. The lowest BCUT2D eigenvalue weighted by atomic mass is 10.3. The second kappa shape index (κ2) is 5.87. The molecule has 20 heavy (non-hydrogen) atoms. The van der Waals surface area contributed by atoms with Gasteiger partial charge in [-0.2, -0.15) is 0 Å². The highest BCUT2D eigenvalue weighted by molar-refractivity contribution is 5.99. The zero-order valence-electron chi connectivity index (χ0n) is 11.1. The Hall–Kier alpha value is -2.83. The Balaban J connectivity index is 1.92. The number of carbonyl (C=O) groups is 2. The van der Waals surface area contributed by atoms with Crippen molar-refractivity contribution in [3.63, 3.8) is 0 Å². The van der Waals surface area contributed by atoms with Gasteiger partial charge in [0.15, 0.2) is 5.82 Å². The number of hydrogen-bond acceptors (Lipinski definition) is 4. The molecule has 1 heterocycles. The topological polar surface area (TPSA) is 96.3 Å². The standard InChI is InChI=1S/C13H14N4O3/c1-8-7-12(17-20-8)16-13(19)15-11-5-3-10(4-6-11)14-9(2)18/h3-7H,1-2H3,(H,14,18)(H2,15,16,17,19). The second-order valence-corrected chi connectivity index (χ2v) is 4.16. The number of amides is 3. The molecule has 2 aromatic rings. The average Bonchev–Trinajstić information content (AvgIpc) is 2.76. The number of carbonyl (C=O) groups excluding carboxylic acids is 2. The van der Waals surface area contributed by atoms with Gasteiger partial charge in [0.2, 0.25) is 5.91 Å². The van der Waals surface area contributed by atoms with E-state index in [4.69, 9.17) is 4.52 Å². The lowest BCUT2D eigenvalue weighted by Gasteiger charge is -2.06. The molecule has 0 bridgehead atoms. The van der Waals surface area contributed by atoms with Gasteiger partial charge in [-0.15, -0.1) is 0 Å². The minimum Gasteiger partial charge on any atom is -0.360 e. The van der Waals surface area contributed by atoms with Crippen LogP contribution in [-0.2, 0) is 4.79 Å². The quantitative estimate of drug-likeness (QED) is 0.801. The molecule has 3 N–H and O–H groups in total. The molecule has 0 saturated heterocycles. The van der Waals surface area contributed by atoms with Crippen molar-refractivity contribution in [2.24, 2.45) is 0 Å². The number of aromatic nitrogens is 1. The number of nitrogens with one attached hydrogen (secondary N) is 3. The third-order valence-electron chi connectivity index (χ3n) is 2.33. The van der Waals surface area contributed by atoms with Gasteiger partial charge in [-0.3, -0.25) is 10.1 Å². The Morgan fingerprint density at radius 3 is 2.15 bits per heavy atom.